The first-order valence-electron chi connectivity index (χ1n) is 8.66. The third kappa shape index (κ3) is 5.16. The maximum Gasteiger partial charge on any atom is 0.478 e. The Bertz CT molecular complexity index is 1220. The molecule has 0 bridgehead atoms. The van der Waals surface area contributed by atoms with Gasteiger partial charge in [-0.15, -0.1) is 0 Å². The van der Waals surface area contributed by atoms with E-state index in [0.717, 1.165) is 0 Å². The number of anilines is 1. The number of aliphatic hydroxyl groups is 1. The molecule has 1 aliphatic rings. The Hall–Kier alpha value is -2.36. The standard InChI is InChI=1S/C12H18N8O10P2/c1-19-4-20(9-7(19)10(22)17-12(13)16-9)11-8(21)5(2-15-18-14)6(29-11)3-28-32(26,27)30-31(23,24)25/h4-6,8,11,21H,2-3H2,1H3,(H5-,13,16,17,22,23,24,25,26,27)/t5-,6-,8-,11-/m1/s1. The molecule has 0 radical (unpaired) electrons. The molecule has 6 N–H and O–H groups in total. The zero-order valence-corrected chi connectivity index (χ0v) is 17.9. The molecule has 2 unspecified atom stereocenters. The number of azide groups is 1. The number of rotatable bonds is 8. The summed E-state index contributed by atoms with van der Waals surface area (Å²) in [7, 11) is -9.32. The van der Waals surface area contributed by atoms with E-state index >= 15 is 0 Å². The highest BCUT2D eigenvalue weighted by atomic mass is 31.3. The molecule has 2 aromatic rings. The van der Waals surface area contributed by atoms with Crippen LogP contribution in [0.5, 0.6) is 0 Å². The van der Waals surface area contributed by atoms with Gasteiger partial charge < -0.3 is 30.3 Å². The Morgan fingerprint density at radius 2 is 2.22 bits per heavy atom. The lowest BCUT2D eigenvalue weighted by Gasteiger charge is -2.22. The van der Waals surface area contributed by atoms with E-state index in [2.05, 4.69) is 28.8 Å². The number of aliphatic hydroxyl groups excluding tert-OH is 1. The number of nitrogen functional groups attached to an aromatic ring is 1. The fourth-order valence-electron chi connectivity index (χ4n) is 3.32. The monoisotopic (exact) mass is 496 g/mol. The maximum atomic E-state index is 12.2. The molecule has 20 heteroatoms. The number of aromatic nitrogens is 4. The van der Waals surface area contributed by atoms with Crippen LogP contribution in [0.3, 0.4) is 0 Å². The predicted molar refractivity (Wildman–Crippen MR) is 100 cm³/mol. The number of nitrogens with zero attached hydrogens (tertiary/aromatic N) is 6. The number of fused-ring (bicyclic) bond motifs is 1. The Morgan fingerprint density at radius 1 is 1.53 bits per heavy atom. The Kier molecular flexibility index (Phi) is 6.74. The van der Waals surface area contributed by atoms with Gasteiger partial charge in [-0.25, -0.2) is 13.4 Å². The molecule has 1 aliphatic heterocycles. The van der Waals surface area contributed by atoms with Crippen molar-refractivity contribution in [2.45, 2.75) is 18.4 Å². The van der Waals surface area contributed by atoms with E-state index in [1.807, 2.05) is 0 Å². The fraction of sp³-hybridized carbons (Fsp3) is 0.583. The van der Waals surface area contributed by atoms with Crippen LogP contribution in [0.2, 0.25) is 0 Å². The first-order chi connectivity index (χ1) is 14.8. The quantitative estimate of drug-likeness (QED) is 0.0865. The molecule has 3 rings (SSSR count). The number of hydrogen-bond acceptors (Lipinski definition) is 11. The minimum atomic E-state index is -5.59. The lowest BCUT2D eigenvalue weighted by Crippen LogP contribution is -2.32. The predicted octanol–water partition coefficient (Wildman–Crippen LogP) is -2.09. The van der Waals surface area contributed by atoms with Gasteiger partial charge >= 0.3 is 13.4 Å². The molecule has 0 saturated carbocycles. The molecule has 6 atom stereocenters. The molecule has 18 nitrogen and oxygen atoms in total. The van der Waals surface area contributed by atoms with Crippen LogP contribution in [0.25, 0.3) is 21.6 Å². The zero-order valence-electron chi connectivity index (χ0n) is 16.2. The second kappa shape index (κ2) is 8.88. The molecular formula is C12H18N8O10P2. The van der Waals surface area contributed by atoms with Crippen molar-refractivity contribution in [3.05, 3.63) is 27.1 Å². The van der Waals surface area contributed by atoms with Crippen LogP contribution < -0.4 is 20.8 Å². The number of imidazole rings is 1. The van der Waals surface area contributed by atoms with E-state index in [-0.39, 0.29) is 23.7 Å². The molecule has 0 aliphatic carbocycles. The van der Waals surface area contributed by atoms with Crippen molar-refractivity contribution in [2.24, 2.45) is 18.1 Å². The van der Waals surface area contributed by atoms with E-state index in [1.54, 1.807) is 0 Å². The lowest BCUT2D eigenvalue weighted by molar-refractivity contribution is -0.646. The molecule has 1 fully saturated rings. The summed E-state index contributed by atoms with van der Waals surface area (Å²) >= 11 is 0. The minimum absolute atomic E-state index is 0.0469. The average molecular weight is 496 g/mol. The molecule has 32 heavy (non-hydrogen) atoms. The fourth-order valence-corrected chi connectivity index (χ4v) is 4.89. The number of nitrogens with one attached hydrogen (secondary N) is 1. The van der Waals surface area contributed by atoms with Gasteiger partial charge in [0.15, 0.2) is 0 Å². The largest absolute Gasteiger partial charge is 0.756 e. The number of nitrogens with two attached hydrogens (primary N) is 1. The van der Waals surface area contributed by atoms with Crippen molar-refractivity contribution < 1.29 is 47.1 Å². The number of phosphoric ester groups is 1. The molecule has 0 amide bonds. The van der Waals surface area contributed by atoms with Crippen LogP contribution in [0.15, 0.2) is 16.2 Å². The van der Waals surface area contributed by atoms with Crippen molar-refractivity contribution in [1.82, 2.24) is 14.5 Å². The average Bonchev–Trinajstić information content (AvgIpc) is 3.13. The molecule has 0 aromatic carbocycles. The van der Waals surface area contributed by atoms with Gasteiger partial charge in [0, 0.05) is 17.4 Å². The van der Waals surface area contributed by atoms with Gasteiger partial charge in [-0.1, -0.05) is 5.11 Å². The van der Waals surface area contributed by atoms with Crippen LogP contribution >= 0.6 is 15.6 Å². The third-order valence-electron chi connectivity index (χ3n) is 4.55. The number of aromatic amines is 1. The lowest BCUT2D eigenvalue weighted by atomic mass is 9.98. The Morgan fingerprint density at radius 3 is 2.84 bits per heavy atom. The van der Waals surface area contributed by atoms with E-state index in [1.165, 1.54) is 22.5 Å². The van der Waals surface area contributed by atoms with Crippen molar-refractivity contribution in [2.75, 3.05) is 18.9 Å². The summed E-state index contributed by atoms with van der Waals surface area (Å²) in [5.74, 6) is -1.20. The molecule has 176 valence electrons. The number of phosphoric acid groups is 2. The van der Waals surface area contributed by atoms with Crippen LogP contribution in [0, 0.1) is 5.92 Å². The maximum absolute atomic E-state index is 12.2. The highest BCUT2D eigenvalue weighted by molar-refractivity contribution is 7.60. The smallest absolute Gasteiger partial charge is 0.478 e. The summed E-state index contributed by atoms with van der Waals surface area (Å²) in [5.41, 5.74) is 13.8. The van der Waals surface area contributed by atoms with E-state index < -0.39 is 52.2 Å². The van der Waals surface area contributed by atoms with Crippen LogP contribution in [-0.4, -0.2) is 54.8 Å². The van der Waals surface area contributed by atoms with Crippen molar-refractivity contribution >= 4 is 32.8 Å². The molecule has 1 saturated heterocycles. The van der Waals surface area contributed by atoms with Gasteiger partial charge in [0.05, 0.1) is 19.8 Å². The summed E-state index contributed by atoms with van der Waals surface area (Å²) in [6.07, 6.45) is -2.46. The van der Waals surface area contributed by atoms with Crippen molar-refractivity contribution in [3.8, 4) is 0 Å². The first kappa shape index (κ1) is 24.3. The number of H-pyrrole nitrogens is 1. The SMILES string of the molecule is C[n+]1cn([C@@H]2O[C@H](COP(=O)(O)OP(=O)([O-])O)[C@@H](CN=[N+]=[N-])[C@H]2O)c2nc(N)[nH]c(=O)c21. The summed E-state index contributed by atoms with van der Waals surface area (Å²) in [4.78, 5) is 49.9. The highest BCUT2D eigenvalue weighted by Crippen LogP contribution is 2.56. The van der Waals surface area contributed by atoms with E-state index in [4.69, 9.17) is 20.9 Å². The van der Waals surface area contributed by atoms with Crippen molar-refractivity contribution in [1.29, 1.82) is 0 Å². The van der Waals surface area contributed by atoms with Crippen LogP contribution in [0.4, 0.5) is 5.95 Å². The number of ether oxygens (including phenoxy) is 1. The van der Waals surface area contributed by atoms with Gasteiger partial charge in [-0.2, -0.15) is 9.55 Å². The molecule has 3 heterocycles. The van der Waals surface area contributed by atoms with Gasteiger partial charge in [0.25, 0.3) is 19.0 Å². The van der Waals surface area contributed by atoms with Gasteiger partial charge in [0.1, 0.15) is 6.10 Å². The van der Waals surface area contributed by atoms with Gasteiger partial charge in [0.2, 0.25) is 18.5 Å². The van der Waals surface area contributed by atoms with E-state index in [0.29, 0.717) is 0 Å². The number of aryl methyl sites for hydroxylation is 1. The zero-order chi connectivity index (χ0) is 23.8. The Labute approximate surface area is 177 Å². The first-order valence-corrected chi connectivity index (χ1v) is 11.6. The topological polar surface area (TPSA) is 275 Å². The third-order valence-corrected chi connectivity index (χ3v) is 6.68. The summed E-state index contributed by atoms with van der Waals surface area (Å²) in [5, 5.41) is 14.2. The van der Waals surface area contributed by atoms with Gasteiger partial charge in [-0.05, 0) is 5.53 Å². The second-order valence-corrected chi connectivity index (χ2v) is 9.49. The molecular weight excluding hydrogens is 478 g/mol. The van der Waals surface area contributed by atoms with Gasteiger partial charge in [-0.3, -0.25) is 18.9 Å². The summed E-state index contributed by atoms with van der Waals surface area (Å²) in [6.45, 7) is -1.13. The summed E-state index contributed by atoms with van der Waals surface area (Å²) < 4.78 is 38.9. The van der Waals surface area contributed by atoms with Crippen LogP contribution in [0.1, 0.15) is 6.23 Å². The Balaban J connectivity index is 1.92. The van der Waals surface area contributed by atoms with E-state index in [9.17, 15) is 28.8 Å². The number of hydrogen-bond donors (Lipinski definition) is 5. The highest BCUT2D eigenvalue weighted by Gasteiger charge is 2.48. The van der Waals surface area contributed by atoms with Crippen LogP contribution in [-0.2, 0) is 29.7 Å². The molecule has 0 spiro atoms. The minimum Gasteiger partial charge on any atom is -0.756 e. The molecule has 2 aromatic heterocycles. The second-order valence-electron chi connectivity index (χ2n) is 6.70. The normalized spacial score (nSPS) is 27.0. The van der Waals surface area contributed by atoms with Crippen molar-refractivity contribution in [3.63, 3.8) is 0 Å². The summed E-state index contributed by atoms with van der Waals surface area (Å²) in [6, 6.07) is 0.